The lowest BCUT2D eigenvalue weighted by atomic mass is 9.95. The molecule has 0 atom stereocenters. The predicted octanol–water partition coefficient (Wildman–Crippen LogP) is 3.51. The molecule has 0 bridgehead atoms. The van der Waals surface area contributed by atoms with Crippen LogP contribution in [0.1, 0.15) is 62.2 Å². The molecule has 1 amide bonds. The molecule has 1 aromatic carbocycles. The Balaban J connectivity index is 1.93. The molecule has 1 aliphatic rings. The molecule has 116 valence electrons. The first-order valence-electron chi connectivity index (χ1n) is 8.04. The third-order valence-corrected chi connectivity index (χ3v) is 3.97. The van der Waals surface area contributed by atoms with Gasteiger partial charge in [0.25, 0.3) is 5.91 Å². The first-order chi connectivity index (χ1) is 10.2. The second-order valence-corrected chi connectivity index (χ2v) is 5.76. The molecule has 0 unspecified atom stereocenters. The van der Waals surface area contributed by atoms with E-state index in [9.17, 15) is 4.79 Å². The normalized spacial score (nSPS) is 15.7. The maximum Gasteiger partial charge on any atom is 0.251 e. The van der Waals surface area contributed by atoms with Crippen LogP contribution in [0.4, 0.5) is 5.69 Å². The molecular formula is C17H26N2O2. The molecule has 0 aromatic heterocycles. The number of unbranched alkanes of at least 4 members (excludes halogenated alkanes) is 1. The van der Waals surface area contributed by atoms with E-state index in [0.29, 0.717) is 29.6 Å². The molecule has 1 saturated carbocycles. The summed E-state index contributed by atoms with van der Waals surface area (Å²) in [7, 11) is 0. The minimum atomic E-state index is -0.0336. The largest absolute Gasteiger partial charge is 0.491 e. The molecule has 0 aliphatic heterocycles. The van der Waals surface area contributed by atoms with Crippen LogP contribution < -0.4 is 15.8 Å². The molecule has 4 heteroatoms. The van der Waals surface area contributed by atoms with Gasteiger partial charge in [-0.1, -0.05) is 32.6 Å². The summed E-state index contributed by atoms with van der Waals surface area (Å²) in [6, 6.07) is 5.60. The number of ether oxygens (including phenoxy) is 1. The quantitative estimate of drug-likeness (QED) is 0.622. The van der Waals surface area contributed by atoms with E-state index in [4.69, 9.17) is 10.5 Å². The monoisotopic (exact) mass is 290 g/mol. The summed E-state index contributed by atoms with van der Waals surface area (Å²) in [5, 5.41) is 3.10. The molecule has 1 aliphatic carbocycles. The van der Waals surface area contributed by atoms with Crippen LogP contribution in [0, 0.1) is 0 Å². The summed E-state index contributed by atoms with van der Waals surface area (Å²) in [5.41, 5.74) is 7.11. The van der Waals surface area contributed by atoms with Crippen LogP contribution >= 0.6 is 0 Å². The van der Waals surface area contributed by atoms with Crippen LogP contribution in [0.15, 0.2) is 18.2 Å². The highest BCUT2D eigenvalue weighted by Gasteiger charge is 2.17. The van der Waals surface area contributed by atoms with Crippen molar-refractivity contribution in [2.75, 3.05) is 12.3 Å². The summed E-state index contributed by atoms with van der Waals surface area (Å²) in [5.74, 6) is 0.631. The molecule has 0 spiro atoms. The van der Waals surface area contributed by atoms with Gasteiger partial charge in [0.05, 0.1) is 12.3 Å². The van der Waals surface area contributed by atoms with Gasteiger partial charge < -0.3 is 15.8 Å². The summed E-state index contributed by atoms with van der Waals surface area (Å²) < 4.78 is 5.61. The summed E-state index contributed by atoms with van der Waals surface area (Å²) in [4.78, 5) is 12.2. The van der Waals surface area contributed by atoms with E-state index in [0.717, 1.165) is 25.7 Å². The molecule has 0 saturated heterocycles. The van der Waals surface area contributed by atoms with Crippen LogP contribution in [0.2, 0.25) is 0 Å². The molecular weight excluding hydrogens is 264 g/mol. The van der Waals surface area contributed by atoms with Gasteiger partial charge in [0.2, 0.25) is 0 Å². The number of hydrogen-bond donors (Lipinski definition) is 2. The van der Waals surface area contributed by atoms with E-state index in [-0.39, 0.29) is 5.91 Å². The Morgan fingerprint density at radius 3 is 2.76 bits per heavy atom. The number of anilines is 1. The number of benzene rings is 1. The van der Waals surface area contributed by atoms with Crippen molar-refractivity contribution in [2.24, 2.45) is 0 Å². The van der Waals surface area contributed by atoms with Crippen molar-refractivity contribution in [2.45, 2.75) is 57.9 Å². The minimum absolute atomic E-state index is 0.0336. The molecule has 0 radical (unpaired) electrons. The Labute approximate surface area is 127 Å². The third kappa shape index (κ3) is 4.66. The van der Waals surface area contributed by atoms with Gasteiger partial charge in [-0.3, -0.25) is 4.79 Å². The van der Waals surface area contributed by atoms with Gasteiger partial charge in [0.1, 0.15) is 5.75 Å². The van der Waals surface area contributed by atoms with E-state index in [1.54, 1.807) is 18.2 Å². The maximum absolute atomic E-state index is 12.2. The highest BCUT2D eigenvalue weighted by molar-refractivity contribution is 5.95. The molecule has 0 heterocycles. The van der Waals surface area contributed by atoms with Crippen molar-refractivity contribution >= 4 is 11.6 Å². The van der Waals surface area contributed by atoms with Crippen molar-refractivity contribution in [3.8, 4) is 5.75 Å². The zero-order chi connectivity index (χ0) is 15.1. The Hall–Kier alpha value is -1.71. The first kappa shape index (κ1) is 15.7. The van der Waals surface area contributed by atoms with Crippen molar-refractivity contribution in [3.63, 3.8) is 0 Å². The predicted molar refractivity (Wildman–Crippen MR) is 85.6 cm³/mol. The van der Waals surface area contributed by atoms with Crippen LogP contribution in [0.25, 0.3) is 0 Å². The third-order valence-electron chi connectivity index (χ3n) is 3.97. The smallest absolute Gasteiger partial charge is 0.251 e. The van der Waals surface area contributed by atoms with Crippen LogP contribution in [0.3, 0.4) is 0 Å². The summed E-state index contributed by atoms with van der Waals surface area (Å²) in [6.45, 7) is 2.78. The summed E-state index contributed by atoms with van der Waals surface area (Å²) in [6.07, 6.45) is 7.95. The van der Waals surface area contributed by atoms with Crippen molar-refractivity contribution in [1.29, 1.82) is 0 Å². The zero-order valence-corrected chi connectivity index (χ0v) is 12.9. The number of carbonyl (C=O) groups is 1. The van der Waals surface area contributed by atoms with Gasteiger partial charge in [-0.25, -0.2) is 0 Å². The van der Waals surface area contributed by atoms with Gasteiger partial charge >= 0.3 is 0 Å². The number of nitrogen functional groups attached to an aromatic ring is 1. The van der Waals surface area contributed by atoms with E-state index >= 15 is 0 Å². The van der Waals surface area contributed by atoms with Gasteiger partial charge in [-0.15, -0.1) is 0 Å². The Morgan fingerprint density at radius 1 is 1.33 bits per heavy atom. The summed E-state index contributed by atoms with van der Waals surface area (Å²) >= 11 is 0. The molecule has 1 aromatic rings. The first-order valence-corrected chi connectivity index (χ1v) is 8.04. The lowest BCUT2D eigenvalue weighted by Crippen LogP contribution is -2.36. The molecule has 2 rings (SSSR count). The molecule has 3 N–H and O–H groups in total. The van der Waals surface area contributed by atoms with Crippen molar-refractivity contribution < 1.29 is 9.53 Å². The number of nitrogens with two attached hydrogens (primary N) is 1. The van der Waals surface area contributed by atoms with Gasteiger partial charge in [0, 0.05) is 11.6 Å². The van der Waals surface area contributed by atoms with Crippen LogP contribution in [-0.2, 0) is 0 Å². The second kappa shape index (κ2) is 7.91. The minimum Gasteiger partial charge on any atom is -0.491 e. The SMILES string of the molecule is CCCCOc1ccc(C(=O)NC2CCCCC2)cc1N. The lowest BCUT2D eigenvalue weighted by Gasteiger charge is -2.22. The fourth-order valence-corrected chi connectivity index (χ4v) is 2.66. The standard InChI is InChI=1S/C17H26N2O2/c1-2-3-11-21-16-10-9-13(12-15(16)18)17(20)19-14-7-5-4-6-8-14/h9-10,12,14H,2-8,11,18H2,1H3,(H,19,20). The lowest BCUT2D eigenvalue weighted by molar-refractivity contribution is 0.0927. The fraction of sp³-hybridized carbons (Fsp3) is 0.588. The number of carbonyl (C=O) groups excluding carboxylic acids is 1. The maximum atomic E-state index is 12.2. The highest BCUT2D eigenvalue weighted by atomic mass is 16.5. The zero-order valence-electron chi connectivity index (χ0n) is 12.9. The van der Waals surface area contributed by atoms with Gasteiger partial charge in [0.15, 0.2) is 0 Å². The molecule has 21 heavy (non-hydrogen) atoms. The average Bonchev–Trinajstić information content (AvgIpc) is 2.50. The number of hydrogen-bond acceptors (Lipinski definition) is 3. The van der Waals surface area contributed by atoms with Crippen LogP contribution in [0.5, 0.6) is 5.75 Å². The topological polar surface area (TPSA) is 64.3 Å². The van der Waals surface area contributed by atoms with Crippen LogP contribution in [-0.4, -0.2) is 18.6 Å². The van der Waals surface area contributed by atoms with E-state index in [2.05, 4.69) is 12.2 Å². The average molecular weight is 290 g/mol. The van der Waals surface area contributed by atoms with Gasteiger partial charge in [-0.2, -0.15) is 0 Å². The Kier molecular flexibility index (Phi) is 5.90. The second-order valence-electron chi connectivity index (χ2n) is 5.76. The van der Waals surface area contributed by atoms with E-state index in [1.807, 2.05) is 0 Å². The Bertz CT molecular complexity index is 468. The molecule has 1 fully saturated rings. The Morgan fingerprint density at radius 2 is 2.10 bits per heavy atom. The number of amides is 1. The number of rotatable bonds is 6. The fourth-order valence-electron chi connectivity index (χ4n) is 2.66. The van der Waals surface area contributed by atoms with E-state index in [1.165, 1.54) is 19.3 Å². The van der Waals surface area contributed by atoms with E-state index < -0.39 is 0 Å². The molecule has 4 nitrogen and oxygen atoms in total. The highest BCUT2D eigenvalue weighted by Crippen LogP contribution is 2.23. The number of nitrogens with one attached hydrogen (secondary N) is 1. The van der Waals surface area contributed by atoms with Crippen molar-refractivity contribution in [3.05, 3.63) is 23.8 Å². The van der Waals surface area contributed by atoms with Gasteiger partial charge in [-0.05, 0) is 37.5 Å². The van der Waals surface area contributed by atoms with Crippen molar-refractivity contribution in [1.82, 2.24) is 5.32 Å².